The van der Waals surface area contributed by atoms with Crippen LogP contribution in [0.1, 0.15) is 23.6 Å². The number of fused-ring (bicyclic) bond motifs is 2. The minimum Gasteiger partial charge on any atom is -0.309 e. The van der Waals surface area contributed by atoms with Crippen molar-refractivity contribution >= 4 is 33.2 Å². The Bertz CT molecular complexity index is 1340. The molecule has 0 spiro atoms. The summed E-state index contributed by atoms with van der Waals surface area (Å²) in [6.07, 6.45) is 3.69. The maximum absolute atomic E-state index is 13.6. The number of anilines is 1. The van der Waals surface area contributed by atoms with Crippen LogP contribution in [-0.2, 0) is 34.1 Å². The van der Waals surface area contributed by atoms with Crippen LogP contribution in [0.2, 0.25) is 5.02 Å². The first-order chi connectivity index (χ1) is 15.2. The predicted octanol–water partition coefficient (Wildman–Crippen LogP) is 3.74. The number of aromatic nitrogens is 1. The van der Waals surface area contributed by atoms with Gasteiger partial charge in [0.15, 0.2) is 0 Å². The SMILES string of the molecule is C[C@@H]1Cc2cc(Cl)c(S(N)(=O)=O)cc2N1C(=O)[C@@H]1Cc2ccc(-c3ccccn3)cc2C1. The van der Waals surface area contributed by atoms with Crippen LogP contribution >= 0.6 is 11.6 Å². The van der Waals surface area contributed by atoms with E-state index in [0.29, 0.717) is 24.9 Å². The Kier molecular flexibility index (Phi) is 5.08. The zero-order valence-corrected chi connectivity index (χ0v) is 19.0. The van der Waals surface area contributed by atoms with Gasteiger partial charge in [-0.2, -0.15) is 0 Å². The van der Waals surface area contributed by atoms with Gasteiger partial charge in [-0.25, -0.2) is 13.6 Å². The number of primary sulfonamides is 1. The molecule has 0 fully saturated rings. The number of carbonyl (C=O) groups is 1. The number of rotatable bonds is 3. The Morgan fingerprint density at radius 1 is 1.06 bits per heavy atom. The van der Waals surface area contributed by atoms with Crippen molar-refractivity contribution in [3.05, 3.63) is 76.4 Å². The highest BCUT2D eigenvalue weighted by Gasteiger charge is 2.38. The average molecular weight is 468 g/mol. The lowest BCUT2D eigenvalue weighted by Gasteiger charge is -2.26. The van der Waals surface area contributed by atoms with Crippen molar-refractivity contribution in [2.45, 2.75) is 37.1 Å². The monoisotopic (exact) mass is 467 g/mol. The number of halogens is 1. The molecule has 1 aliphatic carbocycles. The third-order valence-electron chi connectivity index (χ3n) is 6.34. The summed E-state index contributed by atoms with van der Waals surface area (Å²) >= 11 is 6.15. The van der Waals surface area contributed by atoms with Crippen molar-refractivity contribution in [3.8, 4) is 11.3 Å². The van der Waals surface area contributed by atoms with Crippen molar-refractivity contribution in [3.63, 3.8) is 0 Å². The fraction of sp³-hybridized carbons (Fsp3) is 0.250. The molecule has 2 atom stereocenters. The molecule has 1 aliphatic heterocycles. The molecule has 2 N–H and O–H groups in total. The van der Waals surface area contributed by atoms with Gasteiger partial charge in [0.25, 0.3) is 0 Å². The molecule has 2 heterocycles. The van der Waals surface area contributed by atoms with E-state index < -0.39 is 10.0 Å². The van der Waals surface area contributed by atoms with Gasteiger partial charge in [-0.1, -0.05) is 29.8 Å². The molecule has 164 valence electrons. The van der Waals surface area contributed by atoms with Crippen molar-refractivity contribution in [1.82, 2.24) is 4.98 Å². The minimum atomic E-state index is -3.99. The third kappa shape index (κ3) is 3.60. The lowest BCUT2D eigenvalue weighted by molar-refractivity contribution is -0.122. The standard InChI is InChI=1S/C24H22ClN3O3S/c1-14-8-18-12-20(25)23(32(26,30)31)13-22(18)28(14)24(29)19-9-15-5-6-16(10-17(15)11-19)21-4-2-3-7-27-21/h2-7,10,12-14,19H,8-9,11H2,1H3,(H2,26,30,31)/t14-,19-/m1/s1. The molecule has 8 heteroatoms. The second kappa shape index (κ2) is 7.69. The number of hydrogen-bond donors (Lipinski definition) is 1. The Morgan fingerprint density at radius 2 is 1.84 bits per heavy atom. The molecule has 0 unspecified atom stereocenters. The molecule has 1 aromatic heterocycles. The van der Waals surface area contributed by atoms with E-state index in [4.69, 9.17) is 16.7 Å². The van der Waals surface area contributed by atoms with Gasteiger partial charge in [-0.05, 0) is 73.2 Å². The molecule has 3 aromatic rings. The summed E-state index contributed by atoms with van der Waals surface area (Å²) in [6.45, 7) is 1.96. The number of amides is 1. The smallest absolute Gasteiger partial charge is 0.239 e. The molecule has 6 nitrogen and oxygen atoms in total. The van der Waals surface area contributed by atoms with Crippen LogP contribution in [0.4, 0.5) is 5.69 Å². The van der Waals surface area contributed by atoms with Crippen LogP contribution in [0, 0.1) is 5.92 Å². The molecule has 5 rings (SSSR count). The maximum atomic E-state index is 13.6. The topological polar surface area (TPSA) is 93.4 Å². The molecule has 0 saturated carbocycles. The van der Waals surface area contributed by atoms with Gasteiger partial charge >= 0.3 is 0 Å². The van der Waals surface area contributed by atoms with Gasteiger partial charge < -0.3 is 4.90 Å². The average Bonchev–Trinajstić information content (AvgIpc) is 3.32. The van der Waals surface area contributed by atoms with E-state index in [1.165, 1.54) is 6.07 Å². The van der Waals surface area contributed by atoms with Crippen LogP contribution in [-0.4, -0.2) is 25.4 Å². The highest BCUT2D eigenvalue weighted by atomic mass is 35.5. The van der Waals surface area contributed by atoms with Gasteiger partial charge in [-0.15, -0.1) is 0 Å². The zero-order chi connectivity index (χ0) is 22.6. The lowest BCUT2D eigenvalue weighted by atomic mass is 10.0. The summed E-state index contributed by atoms with van der Waals surface area (Å²) in [6, 6.07) is 15.0. The number of nitrogens with two attached hydrogens (primary N) is 1. The first-order valence-electron chi connectivity index (χ1n) is 10.4. The summed E-state index contributed by atoms with van der Waals surface area (Å²) in [5, 5.41) is 5.42. The summed E-state index contributed by atoms with van der Waals surface area (Å²) in [5.41, 5.74) is 5.69. The van der Waals surface area contributed by atoms with Crippen LogP contribution < -0.4 is 10.0 Å². The van der Waals surface area contributed by atoms with Crippen LogP contribution in [0.15, 0.2) is 59.6 Å². The maximum Gasteiger partial charge on any atom is 0.239 e. The molecular formula is C24H22ClN3O3S. The quantitative estimate of drug-likeness (QED) is 0.634. The van der Waals surface area contributed by atoms with Crippen molar-refractivity contribution in [2.75, 3.05) is 4.90 Å². The second-order valence-electron chi connectivity index (χ2n) is 8.52. The fourth-order valence-electron chi connectivity index (χ4n) is 4.85. The highest BCUT2D eigenvalue weighted by Crippen LogP contribution is 2.40. The third-order valence-corrected chi connectivity index (χ3v) is 7.72. The van der Waals surface area contributed by atoms with Crippen molar-refractivity contribution in [2.24, 2.45) is 11.1 Å². The van der Waals surface area contributed by atoms with E-state index in [1.54, 1.807) is 17.2 Å². The number of carbonyl (C=O) groups excluding carboxylic acids is 1. The zero-order valence-electron chi connectivity index (χ0n) is 17.5. The molecule has 1 amide bonds. The van der Waals surface area contributed by atoms with Gasteiger partial charge in [0.2, 0.25) is 15.9 Å². The van der Waals surface area contributed by atoms with E-state index in [-0.39, 0.29) is 27.8 Å². The second-order valence-corrected chi connectivity index (χ2v) is 10.5. The van der Waals surface area contributed by atoms with Gasteiger partial charge in [0.1, 0.15) is 4.90 Å². The van der Waals surface area contributed by atoms with Gasteiger partial charge in [0.05, 0.1) is 10.7 Å². The Hall–Kier alpha value is -2.74. The van der Waals surface area contributed by atoms with Crippen molar-refractivity contribution in [1.29, 1.82) is 0 Å². The minimum absolute atomic E-state index is 0.00507. The molecular weight excluding hydrogens is 446 g/mol. The van der Waals surface area contributed by atoms with Crippen molar-refractivity contribution < 1.29 is 13.2 Å². The van der Waals surface area contributed by atoms with Crippen LogP contribution in [0.3, 0.4) is 0 Å². The lowest BCUT2D eigenvalue weighted by Crippen LogP contribution is -2.40. The normalized spacial score (nSPS) is 19.7. The Labute approximate surface area is 192 Å². The highest BCUT2D eigenvalue weighted by molar-refractivity contribution is 7.89. The van der Waals surface area contributed by atoms with Crippen LogP contribution in [0.5, 0.6) is 0 Å². The van der Waals surface area contributed by atoms with Gasteiger partial charge in [0, 0.05) is 29.4 Å². The number of sulfonamides is 1. The van der Waals surface area contributed by atoms with E-state index in [0.717, 1.165) is 27.9 Å². The van der Waals surface area contributed by atoms with Crippen LogP contribution in [0.25, 0.3) is 11.3 Å². The molecule has 0 bridgehead atoms. The first kappa shape index (κ1) is 21.1. The summed E-state index contributed by atoms with van der Waals surface area (Å²) < 4.78 is 23.9. The summed E-state index contributed by atoms with van der Waals surface area (Å²) in [5.74, 6) is -0.208. The number of pyridine rings is 1. The number of nitrogens with zero attached hydrogens (tertiary/aromatic N) is 2. The van der Waals surface area contributed by atoms with E-state index in [1.807, 2.05) is 31.2 Å². The van der Waals surface area contributed by atoms with E-state index >= 15 is 0 Å². The molecule has 32 heavy (non-hydrogen) atoms. The Morgan fingerprint density at radius 3 is 2.56 bits per heavy atom. The van der Waals surface area contributed by atoms with E-state index in [9.17, 15) is 13.2 Å². The molecule has 2 aliphatic rings. The molecule has 0 radical (unpaired) electrons. The summed E-state index contributed by atoms with van der Waals surface area (Å²) in [7, 11) is -3.99. The predicted molar refractivity (Wildman–Crippen MR) is 124 cm³/mol. The fourth-order valence-corrected chi connectivity index (χ4v) is 5.97. The first-order valence-corrected chi connectivity index (χ1v) is 12.4. The molecule has 0 saturated heterocycles. The number of benzene rings is 2. The Balaban J connectivity index is 1.44. The largest absolute Gasteiger partial charge is 0.309 e. The van der Waals surface area contributed by atoms with Gasteiger partial charge in [-0.3, -0.25) is 9.78 Å². The number of hydrogen-bond acceptors (Lipinski definition) is 4. The summed E-state index contributed by atoms with van der Waals surface area (Å²) in [4.78, 5) is 19.6. The van der Waals surface area contributed by atoms with E-state index in [2.05, 4.69) is 17.1 Å². The molecule has 2 aromatic carbocycles.